The Kier molecular flexibility index (Phi) is 5.94. The molecule has 0 atom stereocenters. The lowest BCUT2D eigenvalue weighted by Gasteiger charge is -2.16. The molecule has 1 fully saturated rings. The maximum atomic E-state index is 12.0. The van der Waals surface area contributed by atoms with Gasteiger partial charge in [0.15, 0.2) is 0 Å². The molecule has 30 heavy (non-hydrogen) atoms. The van der Waals surface area contributed by atoms with Gasteiger partial charge in [0.1, 0.15) is 0 Å². The molecule has 0 unspecified atom stereocenters. The summed E-state index contributed by atoms with van der Waals surface area (Å²) in [6.07, 6.45) is 12.1. The van der Waals surface area contributed by atoms with E-state index in [1.54, 1.807) is 29.7 Å². The van der Waals surface area contributed by atoms with Crippen LogP contribution in [0.2, 0.25) is 5.02 Å². The first-order valence-corrected chi connectivity index (χ1v) is 10.6. The van der Waals surface area contributed by atoms with E-state index in [2.05, 4.69) is 39.2 Å². The predicted octanol–water partition coefficient (Wildman–Crippen LogP) is 4.62. The van der Waals surface area contributed by atoms with Crippen molar-refractivity contribution in [2.24, 2.45) is 0 Å². The van der Waals surface area contributed by atoms with Crippen LogP contribution in [0.3, 0.4) is 0 Å². The Balaban J connectivity index is 1.58. The van der Waals surface area contributed by atoms with Crippen molar-refractivity contribution in [1.29, 1.82) is 0 Å². The molecule has 4 heterocycles. The number of anilines is 3. The second-order valence-electron chi connectivity index (χ2n) is 7.28. The first-order chi connectivity index (χ1) is 14.6. The van der Waals surface area contributed by atoms with Gasteiger partial charge < -0.3 is 10.2 Å². The third kappa shape index (κ3) is 4.14. The Labute approximate surface area is 180 Å². The molecule has 1 aliphatic rings. The van der Waals surface area contributed by atoms with Crippen molar-refractivity contribution in [3.8, 4) is 11.3 Å². The number of nitrogens with one attached hydrogen (secondary N) is 1. The molecule has 4 rings (SSSR count). The van der Waals surface area contributed by atoms with Crippen molar-refractivity contribution in [2.45, 2.75) is 45.6 Å². The number of pyridine rings is 1. The van der Waals surface area contributed by atoms with Crippen LogP contribution in [-0.4, -0.2) is 37.2 Å². The molecular weight excluding hydrogens is 402 g/mol. The van der Waals surface area contributed by atoms with E-state index in [9.17, 15) is 4.79 Å². The number of hydrogen-bond acceptors (Lipinski definition) is 6. The lowest BCUT2D eigenvalue weighted by Crippen LogP contribution is -2.23. The highest BCUT2D eigenvalue weighted by Gasteiger charge is 2.22. The minimum Gasteiger partial charge on any atom is -0.323 e. The molecule has 0 radical (unpaired) electrons. The SMILES string of the molecule is CCC(CC)n1cc(-c2nc(Nc3cncc(N4CCCC4=O)c3)ncc2Cl)cn1. The summed E-state index contributed by atoms with van der Waals surface area (Å²) in [5, 5.41) is 8.10. The molecule has 1 saturated heterocycles. The molecule has 0 aromatic carbocycles. The maximum absolute atomic E-state index is 12.0. The van der Waals surface area contributed by atoms with E-state index in [-0.39, 0.29) is 5.91 Å². The number of carbonyl (C=O) groups is 1. The van der Waals surface area contributed by atoms with Gasteiger partial charge in [-0.1, -0.05) is 25.4 Å². The van der Waals surface area contributed by atoms with Crippen LogP contribution < -0.4 is 10.2 Å². The van der Waals surface area contributed by atoms with Crippen LogP contribution in [0.5, 0.6) is 0 Å². The maximum Gasteiger partial charge on any atom is 0.227 e. The van der Waals surface area contributed by atoms with Crippen molar-refractivity contribution in [2.75, 3.05) is 16.8 Å². The van der Waals surface area contributed by atoms with Crippen LogP contribution in [0.15, 0.2) is 37.1 Å². The number of aromatic nitrogens is 5. The molecular formula is C21H24ClN7O. The molecule has 0 saturated carbocycles. The van der Waals surface area contributed by atoms with Gasteiger partial charge >= 0.3 is 0 Å². The van der Waals surface area contributed by atoms with Crippen LogP contribution in [0.1, 0.15) is 45.6 Å². The summed E-state index contributed by atoms with van der Waals surface area (Å²) in [5.74, 6) is 0.518. The number of rotatable bonds is 7. The highest BCUT2D eigenvalue weighted by molar-refractivity contribution is 6.32. The van der Waals surface area contributed by atoms with Crippen molar-refractivity contribution < 1.29 is 4.79 Å². The van der Waals surface area contributed by atoms with Gasteiger partial charge in [0.25, 0.3) is 0 Å². The van der Waals surface area contributed by atoms with Gasteiger partial charge in [-0.05, 0) is 25.3 Å². The molecule has 1 N–H and O–H groups in total. The Morgan fingerprint density at radius 2 is 2.03 bits per heavy atom. The summed E-state index contributed by atoms with van der Waals surface area (Å²) < 4.78 is 1.96. The summed E-state index contributed by atoms with van der Waals surface area (Å²) >= 11 is 6.37. The van der Waals surface area contributed by atoms with Gasteiger partial charge in [0.05, 0.1) is 52.9 Å². The minimum atomic E-state index is 0.119. The number of halogens is 1. The highest BCUT2D eigenvalue weighted by atomic mass is 35.5. The third-order valence-corrected chi connectivity index (χ3v) is 5.58. The summed E-state index contributed by atoms with van der Waals surface area (Å²) in [6, 6.07) is 2.22. The number of nitrogens with zero attached hydrogens (tertiary/aromatic N) is 6. The average molecular weight is 426 g/mol. The number of hydrogen-bond donors (Lipinski definition) is 1. The van der Waals surface area contributed by atoms with Gasteiger partial charge in [-0.3, -0.25) is 14.5 Å². The average Bonchev–Trinajstić information content (AvgIpc) is 3.40. The van der Waals surface area contributed by atoms with E-state index in [0.717, 1.165) is 30.5 Å². The fourth-order valence-corrected chi connectivity index (χ4v) is 3.85. The van der Waals surface area contributed by atoms with Crippen LogP contribution >= 0.6 is 11.6 Å². The molecule has 0 bridgehead atoms. The van der Waals surface area contributed by atoms with Crippen LogP contribution in [-0.2, 0) is 4.79 Å². The van der Waals surface area contributed by atoms with Crippen LogP contribution in [0, 0.1) is 0 Å². The first kappa shape index (κ1) is 20.3. The largest absolute Gasteiger partial charge is 0.323 e. The zero-order chi connectivity index (χ0) is 21.1. The lowest BCUT2D eigenvalue weighted by atomic mass is 10.2. The quantitative estimate of drug-likeness (QED) is 0.594. The molecule has 3 aromatic rings. The van der Waals surface area contributed by atoms with Crippen molar-refractivity contribution >= 4 is 34.8 Å². The minimum absolute atomic E-state index is 0.119. The van der Waals surface area contributed by atoms with E-state index in [0.29, 0.717) is 41.4 Å². The molecule has 0 spiro atoms. The highest BCUT2D eigenvalue weighted by Crippen LogP contribution is 2.29. The van der Waals surface area contributed by atoms with Gasteiger partial charge in [-0.25, -0.2) is 9.97 Å². The monoisotopic (exact) mass is 425 g/mol. The Morgan fingerprint density at radius 1 is 1.20 bits per heavy atom. The summed E-state index contributed by atoms with van der Waals surface area (Å²) in [5.41, 5.74) is 2.92. The standard InChI is InChI=1S/C21H24ClN7O/c1-3-16(4-2)29-13-14(9-25-29)20-18(22)12-24-21(27-20)26-15-8-17(11-23-10-15)28-7-5-6-19(28)30/h8-13,16H,3-7H2,1-2H3,(H,24,26,27). The fourth-order valence-electron chi connectivity index (χ4n) is 3.65. The van der Waals surface area contributed by atoms with E-state index < -0.39 is 0 Å². The predicted molar refractivity (Wildman–Crippen MR) is 117 cm³/mol. The Bertz CT molecular complexity index is 1050. The van der Waals surface area contributed by atoms with Crippen molar-refractivity contribution in [3.63, 3.8) is 0 Å². The van der Waals surface area contributed by atoms with Gasteiger partial charge in [0.2, 0.25) is 11.9 Å². The molecule has 3 aromatic heterocycles. The van der Waals surface area contributed by atoms with Crippen molar-refractivity contribution in [3.05, 3.63) is 42.1 Å². The molecule has 0 aliphatic carbocycles. The molecule has 8 nitrogen and oxygen atoms in total. The number of carbonyl (C=O) groups excluding carboxylic acids is 1. The smallest absolute Gasteiger partial charge is 0.227 e. The molecule has 156 valence electrons. The van der Waals surface area contributed by atoms with Crippen LogP contribution in [0.4, 0.5) is 17.3 Å². The Morgan fingerprint density at radius 3 is 2.77 bits per heavy atom. The molecule has 1 amide bonds. The van der Waals surface area contributed by atoms with E-state index in [4.69, 9.17) is 11.6 Å². The van der Waals surface area contributed by atoms with Crippen LogP contribution in [0.25, 0.3) is 11.3 Å². The fraction of sp³-hybridized carbons (Fsp3) is 0.381. The van der Waals surface area contributed by atoms with Gasteiger partial charge in [0, 0.05) is 24.7 Å². The lowest BCUT2D eigenvalue weighted by molar-refractivity contribution is -0.117. The Hall–Kier alpha value is -3.00. The summed E-state index contributed by atoms with van der Waals surface area (Å²) in [6.45, 7) is 5.01. The molecule has 9 heteroatoms. The first-order valence-electron chi connectivity index (χ1n) is 10.2. The third-order valence-electron chi connectivity index (χ3n) is 5.30. The normalized spacial score (nSPS) is 14.0. The second-order valence-corrected chi connectivity index (χ2v) is 7.68. The van der Waals surface area contributed by atoms with E-state index >= 15 is 0 Å². The van der Waals surface area contributed by atoms with E-state index in [1.165, 1.54) is 0 Å². The zero-order valence-corrected chi connectivity index (χ0v) is 17.8. The van der Waals surface area contributed by atoms with Crippen molar-refractivity contribution in [1.82, 2.24) is 24.7 Å². The van der Waals surface area contributed by atoms with Gasteiger partial charge in [-0.2, -0.15) is 5.10 Å². The molecule has 1 aliphatic heterocycles. The topological polar surface area (TPSA) is 88.8 Å². The number of amides is 1. The van der Waals surface area contributed by atoms with Gasteiger partial charge in [-0.15, -0.1) is 0 Å². The summed E-state index contributed by atoms with van der Waals surface area (Å²) in [4.78, 5) is 26.9. The zero-order valence-electron chi connectivity index (χ0n) is 17.0. The summed E-state index contributed by atoms with van der Waals surface area (Å²) in [7, 11) is 0. The van der Waals surface area contributed by atoms with E-state index in [1.807, 2.05) is 16.9 Å². The second kappa shape index (κ2) is 8.79.